The number of esters is 1. The van der Waals surface area contributed by atoms with Gasteiger partial charge in [0.25, 0.3) is 0 Å². The van der Waals surface area contributed by atoms with Gasteiger partial charge in [-0.2, -0.15) is 25.3 Å². The molecule has 0 spiro atoms. The van der Waals surface area contributed by atoms with Crippen molar-refractivity contribution in [2.45, 2.75) is 98.5 Å². The molecule has 0 aromatic rings. The van der Waals surface area contributed by atoms with Crippen LogP contribution in [0.5, 0.6) is 0 Å². The van der Waals surface area contributed by atoms with Gasteiger partial charge in [0.2, 0.25) is 0 Å². The molecule has 2 aliphatic heterocycles. The van der Waals surface area contributed by atoms with E-state index in [1.807, 2.05) is 6.26 Å². The van der Waals surface area contributed by atoms with Gasteiger partial charge in [-0.15, -0.1) is 0 Å². The molecule has 282 valence electrons. The maximum atomic E-state index is 10.6. The lowest BCUT2D eigenvalue weighted by Crippen LogP contribution is -2.35. The summed E-state index contributed by atoms with van der Waals surface area (Å²) in [6.07, 6.45) is 16.6. The Morgan fingerprint density at radius 3 is 2.26 bits per heavy atom. The molecule has 6 N–H and O–H groups in total. The lowest BCUT2D eigenvalue weighted by Gasteiger charge is -2.39. The normalized spacial score (nSPS) is 27.4. The third-order valence-corrected chi connectivity index (χ3v) is 10.2. The fraction of sp³-hybridized carbons (Fsp3) is 0.800. The van der Waals surface area contributed by atoms with Crippen LogP contribution in [0, 0.1) is 41.4 Å². The van der Waals surface area contributed by atoms with Crippen molar-refractivity contribution in [1.29, 1.82) is 0 Å². The van der Waals surface area contributed by atoms with Gasteiger partial charge in [0.05, 0.1) is 37.8 Å². The Labute approximate surface area is 298 Å². The van der Waals surface area contributed by atoms with Gasteiger partial charge in [-0.3, -0.25) is 25.8 Å². The summed E-state index contributed by atoms with van der Waals surface area (Å²) in [6.45, 7) is 12.7. The maximum Gasteiger partial charge on any atom is 0.306 e. The van der Waals surface area contributed by atoms with E-state index in [-0.39, 0.29) is 23.0 Å². The maximum absolute atomic E-state index is 10.6. The van der Waals surface area contributed by atoms with Crippen LogP contribution >= 0.6 is 25.3 Å². The fourth-order valence-electron chi connectivity index (χ4n) is 6.78. The number of allylic oxidation sites excluding steroid dienone is 4. The molecular formula is C35H70O10S2. The molecule has 4 aliphatic rings. The second-order valence-corrected chi connectivity index (χ2v) is 13.9. The zero-order valence-corrected chi connectivity index (χ0v) is 31.0. The van der Waals surface area contributed by atoms with E-state index in [1.54, 1.807) is 0 Å². The predicted molar refractivity (Wildman–Crippen MR) is 199 cm³/mol. The molecule has 2 aliphatic carbocycles. The van der Waals surface area contributed by atoms with Gasteiger partial charge >= 0.3 is 5.97 Å². The topological polar surface area (TPSA) is 166 Å². The number of carbonyl (C=O) groups is 1. The summed E-state index contributed by atoms with van der Waals surface area (Å²) < 4.78 is 16.3. The van der Waals surface area contributed by atoms with Crippen molar-refractivity contribution in [2.24, 2.45) is 41.4 Å². The first kappa shape index (κ1) is 45.8. The Bertz CT molecular complexity index is 929. The van der Waals surface area contributed by atoms with Gasteiger partial charge in [-0.25, -0.2) is 0 Å². The number of aliphatic hydroxyl groups is 2. The Morgan fingerprint density at radius 2 is 1.64 bits per heavy atom. The minimum atomic E-state index is -0.170. The van der Waals surface area contributed by atoms with Crippen LogP contribution < -0.4 is 0 Å². The monoisotopic (exact) mass is 714 g/mol. The number of ether oxygens (including phenoxy) is 3. The Kier molecular flexibility index (Phi) is 26.8. The van der Waals surface area contributed by atoms with E-state index in [9.17, 15) is 15.0 Å². The summed E-state index contributed by atoms with van der Waals surface area (Å²) in [7, 11) is 0. The molecule has 8 atom stereocenters. The molecule has 0 saturated heterocycles. The van der Waals surface area contributed by atoms with E-state index in [0.717, 1.165) is 36.9 Å². The van der Waals surface area contributed by atoms with Crippen LogP contribution in [-0.4, -0.2) is 81.2 Å². The van der Waals surface area contributed by atoms with Gasteiger partial charge < -0.3 is 24.4 Å². The molecule has 3 unspecified atom stereocenters. The van der Waals surface area contributed by atoms with Crippen LogP contribution in [0.1, 0.15) is 96.7 Å². The number of aliphatic hydroxyl groups excluding tert-OH is 2. The van der Waals surface area contributed by atoms with E-state index in [2.05, 4.69) is 72.0 Å². The number of fused-ring (bicyclic) bond motifs is 2. The van der Waals surface area contributed by atoms with Crippen molar-refractivity contribution in [2.75, 3.05) is 37.9 Å². The van der Waals surface area contributed by atoms with Crippen molar-refractivity contribution in [3.05, 3.63) is 35.3 Å². The first-order valence-corrected chi connectivity index (χ1v) is 18.3. The van der Waals surface area contributed by atoms with Gasteiger partial charge in [0.1, 0.15) is 0 Å². The standard InChI is InChI=1S/C15H24O2.C14H24O2.C6H12O2S2.2H2O2.3H2/c1-10-4-6-14(11(2)8-16)15-9-17-12(3)5-7-13(10)15;1-10(8-15)13-5-3-4-12-7-6-11(2)16-9-14(12)13;7-6(2-5-10)8-3-1-4-9;2*1-2;;;/h7,9-12,14,16H,4-6,8H2,1-3H3;6,10,12-15H,3-5,7-9H2,1-2H3;9-10H,1-5H2;2*1-2H;3*1H/t10-,11+,12+,14+;10-,12?,13?,14?;;;;;;/m10....../s1. The highest BCUT2D eigenvalue weighted by molar-refractivity contribution is 7.80. The van der Waals surface area contributed by atoms with Crippen LogP contribution in [0.4, 0.5) is 0 Å². The minimum Gasteiger partial charge on any atom is -0.498 e. The van der Waals surface area contributed by atoms with Gasteiger partial charge in [-0.1, -0.05) is 33.3 Å². The van der Waals surface area contributed by atoms with Gasteiger partial charge in [0, 0.05) is 29.7 Å². The lowest BCUT2D eigenvalue weighted by atomic mass is 9.67. The van der Waals surface area contributed by atoms with Gasteiger partial charge in [-0.05, 0) is 117 Å². The molecule has 0 aromatic heterocycles. The van der Waals surface area contributed by atoms with Crippen molar-refractivity contribution in [1.82, 2.24) is 0 Å². The summed E-state index contributed by atoms with van der Waals surface area (Å²) in [4.78, 5) is 10.6. The third kappa shape index (κ3) is 16.8. The number of thiol groups is 2. The highest BCUT2D eigenvalue weighted by atomic mass is 32.1. The third-order valence-electron chi connectivity index (χ3n) is 9.63. The first-order chi connectivity index (χ1) is 22.7. The van der Waals surface area contributed by atoms with Crippen LogP contribution in [-0.2, 0) is 19.0 Å². The van der Waals surface area contributed by atoms with Crippen molar-refractivity contribution >= 4 is 31.2 Å². The number of carbonyl (C=O) groups excluding carboxylic acids is 1. The van der Waals surface area contributed by atoms with Crippen molar-refractivity contribution < 1.29 is 54.5 Å². The molecule has 0 bridgehead atoms. The number of hydrogen-bond donors (Lipinski definition) is 8. The van der Waals surface area contributed by atoms with E-state index >= 15 is 0 Å². The van der Waals surface area contributed by atoms with Gasteiger partial charge in [0.15, 0.2) is 0 Å². The average Bonchev–Trinajstić information content (AvgIpc) is 3.42. The second-order valence-electron chi connectivity index (χ2n) is 13.0. The minimum absolute atomic E-state index is 0. The Balaban J connectivity index is -0.000000302. The molecule has 2 saturated carbocycles. The molecule has 4 rings (SSSR count). The zero-order valence-electron chi connectivity index (χ0n) is 29.2. The molecular weight excluding hydrogens is 645 g/mol. The first-order valence-electron chi connectivity index (χ1n) is 17.0. The molecule has 0 aromatic carbocycles. The Morgan fingerprint density at radius 1 is 0.957 bits per heavy atom. The predicted octanol–water partition coefficient (Wildman–Crippen LogP) is 8.19. The zero-order chi connectivity index (χ0) is 35.8. The molecule has 2 heterocycles. The van der Waals surface area contributed by atoms with E-state index in [4.69, 9.17) is 35.2 Å². The smallest absolute Gasteiger partial charge is 0.306 e. The highest BCUT2D eigenvalue weighted by Crippen LogP contribution is 2.43. The van der Waals surface area contributed by atoms with E-state index < -0.39 is 0 Å². The SMILES string of the molecule is CC1=CCC2CCCC([C@@H](C)CO)C2CO1.C[C@@H]1CC[C@@H]([C@@H](C)CO)C2=CO[C@@H](C)CC=C21.O=C(CCS)OCCCS.OO.OO.[HH].[HH].[HH]. The number of rotatable bonds is 9. The van der Waals surface area contributed by atoms with Crippen molar-refractivity contribution in [3.63, 3.8) is 0 Å². The molecule has 10 nitrogen and oxygen atoms in total. The number of hydrogen-bond acceptors (Lipinski definition) is 12. The molecule has 2 fully saturated rings. The summed E-state index contributed by atoms with van der Waals surface area (Å²) in [6, 6.07) is 0. The fourth-order valence-corrected chi connectivity index (χ4v) is 7.09. The van der Waals surface area contributed by atoms with Crippen LogP contribution in [0.25, 0.3) is 0 Å². The average molecular weight is 715 g/mol. The molecule has 0 radical (unpaired) electrons. The summed E-state index contributed by atoms with van der Waals surface area (Å²) >= 11 is 7.86. The highest BCUT2D eigenvalue weighted by Gasteiger charge is 2.37. The van der Waals surface area contributed by atoms with Crippen LogP contribution in [0.15, 0.2) is 35.3 Å². The Hall–Kier alpha value is -1.25. The molecule has 12 heteroatoms. The van der Waals surface area contributed by atoms with Crippen LogP contribution in [0.2, 0.25) is 0 Å². The summed E-state index contributed by atoms with van der Waals surface area (Å²) in [5, 5.41) is 42.7. The molecule has 47 heavy (non-hydrogen) atoms. The summed E-state index contributed by atoms with van der Waals surface area (Å²) in [5.41, 5.74) is 2.81. The lowest BCUT2D eigenvalue weighted by molar-refractivity contribution is -0.176. The largest absolute Gasteiger partial charge is 0.498 e. The second kappa shape index (κ2) is 27.6. The van der Waals surface area contributed by atoms with E-state index in [0.29, 0.717) is 60.9 Å². The molecule has 0 amide bonds. The van der Waals surface area contributed by atoms with Crippen LogP contribution in [0.3, 0.4) is 0 Å². The summed E-state index contributed by atoms with van der Waals surface area (Å²) in [5.74, 6) is 6.18. The van der Waals surface area contributed by atoms with E-state index in [1.165, 1.54) is 49.7 Å². The quantitative estimate of drug-likeness (QED) is 0.0384. The van der Waals surface area contributed by atoms with Crippen molar-refractivity contribution in [3.8, 4) is 0 Å².